The Morgan fingerprint density at radius 3 is 2.10 bits per heavy atom. The Hall–Kier alpha value is -3.11. The number of nitrogens with zero attached hydrogens (tertiary/aromatic N) is 1. The van der Waals surface area contributed by atoms with Gasteiger partial charge in [0.2, 0.25) is 0 Å². The molecule has 2 atom stereocenters. The van der Waals surface area contributed by atoms with Gasteiger partial charge in [-0.2, -0.15) is 5.06 Å². The topological polar surface area (TPSA) is 38.8 Å². The fourth-order valence-electron chi connectivity index (χ4n) is 3.89. The van der Waals surface area contributed by atoms with E-state index in [2.05, 4.69) is 36.4 Å². The highest BCUT2D eigenvalue weighted by Crippen LogP contribution is 2.36. The van der Waals surface area contributed by atoms with Crippen molar-refractivity contribution in [1.82, 2.24) is 5.06 Å². The lowest BCUT2D eigenvalue weighted by Gasteiger charge is -2.27. The van der Waals surface area contributed by atoms with Gasteiger partial charge >= 0.3 is 6.09 Å². The lowest BCUT2D eigenvalue weighted by Crippen LogP contribution is -2.36. The molecular weight excluding hydrogens is 386 g/mol. The van der Waals surface area contributed by atoms with Crippen molar-refractivity contribution < 1.29 is 14.4 Å². The van der Waals surface area contributed by atoms with E-state index in [1.54, 1.807) is 0 Å². The Kier molecular flexibility index (Phi) is 6.10. The summed E-state index contributed by atoms with van der Waals surface area (Å²) in [5.74, 6) is 0. The Morgan fingerprint density at radius 2 is 1.48 bits per heavy atom. The molecule has 0 aromatic heterocycles. The molecule has 4 nitrogen and oxygen atoms in total. The van der Waals surface area contributed by atoms with E-state index in [1.165, 1.54) is 21.8 Å². The lowest BCUT2D eigenvalue weighted by molar-refractivity contribution is -0.150. The molecule has 0 saturated carbocycles. The molecule has 1 aliphatic heterocycles. The maximum atomic E-state index is 12.8. The lowest BCUT2D eigenvalue weighted by atomic mass is 9.97. The zero-order valence-corrected chi connectivity index (χ0v) is 18.3. The molecule has 3 aromatic carbocycles. The summed E-state index contributed by atoms with van der Waals surface area (Å²) in [4.78, 5) is 18.9. The standard InChI is InChI=1S/C27H29NO3/c1-27(2,3)30-26(29)28-25(23-12-8-5-9-13-23)19-24(31-28)18-20-14-16-22(17-15-20)21-10-6-4-7-11-21/h4-17,24-25H,18-19H2,1-3H3. The molecule has 0 bridgehead atoms. The Labute approximate surface area is 184 Å². The summed E-state index contributed by atoms with van der Waals surface area (Å²) in [6.45, 7) is 5.60. The maximum absolute atomic E-state index is 12.8. The summed E-state index contributed by atoms with van der Waals surface area (Å²) in [6.07, 6.45) is 0.921. The van der Waals surface area contributed by atoms with E-state index < -0.39 is 11.7 Å². The van der Waals surface area contributed by atoms with Crippen LogP contribution >= 0.6 is 0 Å². The summed E-state index contributed by atoms with van der Waals surface area (Å²) >= 11 is 0. The van der Waals surface area contributed by atoms with Crippen LogP contribution in [0.4, 0.5) is 4.79 Å². The van der Waals surface area contributed by atoms with Gasteiger partial charge in [-0.3, -0.25) is 4.84 Å². The second-order valence-corrected chi connectivity index (χ2v) is 8.96. The van der Waals surface area contributed by atoms with E-state index in [9.17, 15) is 4.79 Å². The number of ether oxygens (including phenoxy) is 1. The van der Waals surface area contributed by atoms with Gasteiger partial charge in [0.1, 0.15) is 5.60 Å². The van der Waals surface area contributed by atoms with Crippen LogP contribution in [0.5, 0.6) is 0 Å². The smallest absolute Gasteiger partial charge is 0.435 e. The van der Waals surface area contributed by atoms with Crippen molar-refractivity contribution in [2.24, 2.45) is 0 Å². The van der Waals surface area contributed by atoms with Crippen LogP contribution in [0.1, 0.15) is 44.4 Å². The van der Waals surface area contributed by atoms with Crippen LogP contribution in [0.3, 0.4) is 0 Å². The molecule has 31 heavy (non-hydrogen) atoms. The van der Waals surface area contributed by atoms with Gasteiger partial charge in [0.15, 0.2) is 0 Å². The fraction of sp³-hybridized carbons (Fsp3) is 0.296. The van der Waals surface area contributed by atoms with Crippen LogP contribution in [0.25, 0.3) is 11.1 Å². The summed E-state index contributed by atoms with van der Waals surface area (Å²) in [5.41, 5.74) is 4.05. The van der Waals surface area contributed by atoms with E-state index in [1.807, 2.05) is 69.3 Å². The highest BCUT2D eigenvalue weighted by molar-refractivity contribution is 5.68. The minimum absolute atomic E-state index is 0.0969. The minimum atomic E-state index is -0.576. The molecular formula is C27H29NO3. The van der Waals surface area contributed by atoms with E-state index in [-0.39, 0.29) is 12.1 Å². The second kappa shape index (κ2) is 8.94. The third-order valence-corrected chi connectivity index (χ3v) is 5.31. The van der Waals surface area contributed by atoms with Gasteiger partial charge in [0.25, 0.3) is 0 Å². The van der Waals surface area contributed by atoms with Gasteiger partial charge in [-0.15, -0.1) is 0 Å². The SMILES string of the molecule is CC(C)(C)OC(=O)N1OC(Cc2ccc(-c3ccccc3)cc2)CC1c1ccccc1. The van der Waals surface area contributed by atoms with Crippen LogP contribution in [-0.4, -0.2) is 22.9 Å². The second-order valence-electron chi connectivity index (χ2n) is 8.96. The zero-order valence-electron chi connectivity index (χ0n) is 18.3. The highest BCUT2D eigenvalue weighted by Gasteiger charge is 2.40. The molecule has 160 valence electrons. The molecule has 1 fully saturated rings. The van der Waals surface area contributed by atoms with E-state index in [0.29, 0.717) is 0 Å². The first-order valence-electron chi connectivity index (χ1n) is 10.8. The average molecular weight is 416 g/mol. The monoisotopic (exact) mass is 415 g/mol. The molecule has 0 N–H and O–H groups in total. The normalized spacial score (nSPS) is 18.7. The summed E-state index contributed by atoms with van der Waals surface area (Å²) in [6, 6.07) is 28.7. The number of amides is 1. The van der Waals surface area contributed by atoms with Crippen molar-refractivity contribution in [3.05, 3.63) is 96.1 Å². The van der Waals surface area contributed by atoms with Crippen LogP contribution in [0.2, 0.25) is 0 Å². The highest BCUT2D eigenvalue weighted by atomic mass is 16.7. The first kappa shape index (κ1) is 21.1. The van der Waals surface area contributed by atoms with Crippen molar-refractivity contribution in [2.45, 2.75) is 51.4 Å². The first-order valence-corrected chi connectivity index (χ1v) is 10.8. The summed E-state index contributed by atoms with van der Waals surface area (Å²) in [5, 5.41) is 1.42. The Morgan fingerprint density at radius 1 is 0.903 bits per heavy atom. The van der Waals surface area contributed by atoms with Crippen molar-refractivity contribution in [3.8, 4) is 11.1 Å². The Balaban J connectivity index is 1.49. The zero-order chi connectivity index (χ0) is 21.8. The van der Waals surface area contributed by atoms with Crippen LogP contribution in [0, 0.1) is 0 Å². The number of benzene rings is 3. The average Bonchev–Trinajstić information content (AvgIpc) is 3.18. The summed E-state index contributed by atoms with van der Waals surface area (Å²) in [7, 11) is 0. The molecule has 3 aromatic rings. The van der Waals surface area contributed by atoms with Crippen molar-refractivity contribution in [1.29, 1.82) is 0 Å². The van der Waals surface area contributed by atoms with Crippen molar-refractivity contribution >= 4 is 6.09 Å². The maximum Gasteiger partial charge on any atom is 0.435 e. The van der Waals surface area contributed by atoms with Gasteiger partial charge in [0.05, 0.1) is 12.1 Å². The van der Waals surface area contributed by atoms with Crippen LogP contribution in [-0.2, 0) is 16.0 Å². The molecule has 4 rings (SSSR count). The largest absolute Gasteiger partial charge is 0.442 e. The molecule has 1 aliphatic rings. The summed E-state index contributed by atoms with van der Waals surface area (Å²) < 4.78 is 5.60. The number of carbonyl (C=O) groups is 1. The fourth-order valence-corrected chi connectivity index (χ4v) is 3.89. The Bertz CT molecular complexity index is 994. The van der Waals surface area contributed by atoms with E-state index in [0.717, 1.165) is 18.4 Å². The predicted molar refractivity (Wildman–Crippen MR) is 122 cm³/mol. The molecule has 0 radical (unpaired) electrons. The number of rotatable bonds is 4. The number of hydroxylamine groups is 2. The van der Waals surface area contributed by atoms with Gasteiger partial charge in [0, 0.05) is 12.8 Å². The molecule has 1 amide bonds. The molecule has 2 unspecified atom stereocenters. The third kappa shape index (κ3) is 5.33. The quantitative estimate of drug-likeness (QED) is 0.483. The predicted octanol–water partition coefficient (Wildman–Crippen LogP) is 6.58. The first-order chi connectivity index (χ1) is 14.9. The van der Waals surface area contributed by atoms with E-state index in [4.69, 9.17) is 9.57 Å². The van der Waals surface area contributed by atoms with Gasteiger partial charge in [-0.05, 0) is 43.0 Å². The van der Waals surface area contributed by atoms with Gasteiger partial charge in [-0.25, -0.2) is 4.79 Å². The number of hydrogen-bond acceptors (Lipinski definition) is 3. The molecule has 0 spiro atoms. The minimum Gasteiger partial charge on any atom is -0.442 e. The van der Waals surface area contributed by atoms with Crippen molar-refractivity contribution in [2.75, 3.05) is 0 Å². The van der Waals surface area contributed by atoms with E-state index >= 15 is 0 Å². The number of hydrogen-bond donors (Lipinski definition) is 0. The van der Waals surface area contributed by atoms with Gasteiger partial charge < -0.3 is 4.74 Å². The van der Waals surface area contributed by atoms with Crippen molar-refractivity contribution in [3.63, 3.8) is 0 Å². The number of carbonyl (C=O) groups excluding carboxylic acids is 1. The molecule has 1 heterocycles. The van der Waals surface area contributed by atoms with Crippen LogP contribution < -0.4 is 0 Å². The molecule has 1 saturated heterocycles. The van der Waals surface area contributed by atoms with Gasteiger partial charge in [-0.1, -0.05) is 84.9 Å². The molecule has 4 heteroatoms. The van der Waals surface area contributed by atoms with Crippen LogP contribution in [0.15, 0.2) is 84.9 Å². The third-order valence-electron chi connectivity index (χ3n) is 5.31. The molecule has 0 aliphatic carbocycles.